The molecule has 5 nitrogen and oxygen atoms in total. The Bertz CT molecular complexity index is 930. The smallest absolute Gasteiger partial charge is 0.257 e. The van der Waals surface area contributed by atoms with E-state index in [1.165, 1.54) is 12.1 Å². The molecule has 0 saturated carbocycles. The zero-order valence-electron chi connectivity index (χ0n) is 13.4. The number of aromatic nitrogens is 2. The van der Waals surface area contributed by atoms with Gasteiger partial charge in [-0.25, -0.2) is 4.39 Å². The zero-order valence-corrected chi connectivity index (χ0v) is 14.1. The van der Waals surface area contributed by atoms with Crippen LogP contribution in [-0.2, 0) is 0 Å². The van der Waals surface area contributed by atoms with Crippen molar-refractivity contribution in [1.82, 2.24) is 9.72 Å². The molecule has 1 N–H and O–H groups in total. The van der Waals surface area contributed by atoms with E-state index < -0.39 is 11.7 Å². The molecule has 0 radical (unpaired) electrons. The van der Waals surface area contributed by atoms with Gasteiger partial charge in [0.05, 0.1) is 16.3 Å². The minimum absolute atomic E-state index is 0.0367. The van der Waals surface area contributed by atoms with Gasteiger partial charge in [-0.1, -0.05) is 22.8 Å². The number of carbonyl (C=O) groups excluding carboxylic acids is 1. The maximum Gasteiger partial charge on any atom is 0.257 e. The number of nitrogens with zero attached hydrogens (tertiary/aromatic N) is 2. The van der Waals surface area contributed by atoms with Crippen molar-refractivity contribution in [2.45, 2.75) is 20.8 Å². The van der Waals surface area contributed by atoms with Gasteiger partial charge in [0, 0.05) is 17.5 Å². The SMILES string of the molecule is Cc1cc(-n2c(C)cc(C(=O)Nc3cccc(Cl)c3F)c2C)no1. The number of anilines is 1. The van der Waals surface area contributed by atoms with Crippen LogP contribution in [-0.4, -0.2) is 15.6 Å². The summed E-state index contributed by atoms with van der Waals surface area (Å²) in [7, 11) is 0. The highest BCUT2D eigenvalue weighted by Crippen LogP contribution is 2.25. The molecular weight excluding hydrogens is 333 g/mol. The van der Waals surface area contributed by atoms with Gasteiger partial charge in [0.15, 0.2) is 11.6 Å². The Hall–Kier alpha value is -2.60. The van der Waals surface area contributed by atoms with E-state index in [0.717, 1.165) is 5.69 Å². The molecule has 0 fully saturated rings. The Morgan fingerprint density at radius 3 is 2.71 bits per heavy atom. The van der Waals surface area contributed by atoms with E-state index in [2.05, 4.69) is 10.5 Å². The molecule has 0 saturated heterocycles. The van der Waals surface area contributed by atoms with Gasteiger partial charge in [-0.2, -0.15) is 0 Å². The van der Waals surface area contributed by atoms with Crippen LogP contribution < -0.4 is 5.32 Å². The van der Waals surface area contributed by atoms with Crippen LogP contribution in [0.1, 0.15) is 27.5 Å². The van der Waals surface area contributed by atoms with E-state index in [1.54, 1.807) is 36.6 Å². The number of halogens is 2. The van der Waals surface area contributed by atoms with Gasteiger partial charge in [0.25, 0.3) is 5.91 Å². The van der Waals surface area contributed by atoms with Gasteiger partial charge in [0.2, 0.25) is 0 Å². The van der Waals surface area contributed by atoms with Crippen molar-refractivity contribution in [2.24, 2.45) is 0 Å². The normalized spacial score (nSPS) is 10.9. The number of benzene rings is 1. The van der Waals surface area contributed by atoms with E-state index in [9.17, 15) is 9.18 Å². The quantitative estimate of drug-likeness (QED) is 0.762. The van der Waals surface area contributed by atoms with Gasteiger partial charge in [-0.15, -0.1) is 0 Å². The maximum absolute atomic E-state index is 14.0. The average molecular weight is 348 g/mol. The Kier molecular flexibility index (Phi) is 4.15. The number of rotatable bonds is 3. The van der Waals surface area contributed by atoms with Gasteiger partial charge in [-0.3, -0.25) is 9.36 Å². The molecule has 2 heterocycles. The van der Waals surface area contributed by atoms with Gasteiger partial charge in [-0.05, 0) is 39.0 Å². The van der Waals surface area contributed by atoms with Crippen LogP contribution in [0.4, 0.5) is 10.1 Å². The first-order chi connectivity index (χ1) is 11.4. The van der Waals surface area contributed by atoms with Crippen LogP contribution in [0, 0.1) is 26.6 Å². The molecular formula is C17H15ClFN3O2. The van der Waals surface area contributed by atoms with Crippen LogP contribution >= 0.6 is 11.6 Å². The van der Waals surface area contributed by atoms with Crippen molar-refractivity contribution in [1.29, 1.82) is 0 Å². The van der Waals surface area contributed by atoms with E-state index in [-0.39, 0.29) is 10.7 Å². The Balaban J connectivity index is 1.95. The van der Waals surface area contributed by atoms with Crippen LogP contribution in [0.15, 0.2) is 34.9 Å². The van der Waals surface area contributed by atoms with Crippen LogP contribution in [0.3, 0.4) is 0 Å². The van der Waals surface area contributed by atoms with E-state index in [1.807, 2.05) is 6.92 Å². The zero-order chi connectivity index (χ0) is 17.4. The minimum Gasteiger partial charge on any atom is -0.360 e. The number of hydrogen-bond donors (Lipinski definition) is 1. The molecule has 0 atom stereocenters. The van der Waals surface area contributed by atoms with E-state index >= 15 is 0 Å². The standard InChI is InChI=1S/C17H15ClFN3O2/c1-9-7-12(11(3)22(9)15-8-10(2)24-21-15)17(23)20-14-6-4-5-13(18)16(14)19/h4-8H,1-3H3,(H,20,23). The van der Waals surface area contributed by atoms with Crippen LogP contribution in [0.2, 0.25) is 5.02 Å². The predicted octanol–water partition coefficient (Wildman–Crippen LogP) is 4.44. The Labute approximate surface area is 143 Å². The largest absolute Gasteiger partial charge is 0.360 e. The molecule has 0 aliphatic heterocycles. The summed E-state index contributed by atoms with van der Waals surface area (Å²) >= 11 is 5.74. The molecule has 3 aromatic rings. The second-order valence-corrected chi connectivity index (χ2v) is 5.88. The Morgan fingerprint density at radius 2 is 2.04 bits per heavy atom. The van der Waals surface area contributed by atoms with Gasteiger partial charge >= 0.3 is 0 Å². The highest BCUT2D eigenvalue weighted by molar-refractivity contribution is 6.31. The molecule has 2 aromatic heterocycles. The summed E-state index contributed by atoms with van der Waals surface area (Å²) in [5, 5.41) is 6.47. The minimum atomic E-state index is -0.659. The third kappa shape index (κ3) is 2.80. The van der Waals surface area contributed by atoms with Gasteiger partial charge < -0.3 is 9.84 Å². The predicted molar refractivity (Wildman–Crippen MR) is 89.4 cm³/mol. The first-order valence-corrected chi connectivity index (χ1v) is 7.64. The molecule has 0 spiro atoms. The molecule has 0 unspecified atom stereocenters. The summed E-state index contributed by atoms with van der Waals surface area (Å²) in [5.74, 6) is 0.184. The molecule has 3 rings (SSSR count). The lowest BCUT2D eigenvalue weighted by molar-refractivity contribution is 0.102. The molecule has 1 aromatic carbocycles. The summed E-state index contributed by atoms with van der Waals surface area (Å²) in [4.78, 5) is 12.5. The summed E-state index contributed by atoms with van der Waals surface area (Å²) in [6, 6.07) is 7.95. The topological polar surface area (TPSA) is 60.1 Å². The summed E-state index contributed by atoms with van der Waals surface area (Å²) < 4.78 is 20.8. The Morgan fingerprint density at radius 1 is 1.29 bits per heavy atom. The molecule has 7 heteroatoms. The fourth-order valence-corrected chi connectivity index (χ4v) is 2.77. The fourth-order valence-electron chi connectivity index (χ4n) is 2.59. The van der Waals surface area contributed by atoms with E-state index in [4.69, 9.17) is 16.1 Å². The van der Waals surface area contributed by atoms with Crippen LogP contribution in [0.5, 0.6) is 0 Å². The lowest BCUT2D eigenvalue weighted by atomic mass is 10.2. The highest BCUT2D eigenvalue weighted by Gasteiger charge is 2.19. The number of carbonyl (C=O) groups is 1. The molecule has 124 valence electrons. The monoisotopic (exact) mass is 347 g/mol. The van der Waals surface area contributed by atoms with Crippen LogP contribution in [0.25, 0.3) is 5.82 Å². The van der Waals surface area contributed by atoms with E-state index in [0.29, 0.717) is 22.8 Å². The maximum atomic E-state index is 14.0. The number of hydrogen-bond acceptors (Lipinski definition) is 3. The first kappa shape index (κ1) is 16.3. The molecule has 0 aliphatic rings. The highest BCUT2D eigenvalue weighted by atomic mass is 35.5. The molecule has 0 bridgehead atoms. The van der Waals surface area contributed by atoms with Crippen molar-refractivity contribution in [3.05, 3.63) is 63.9 Å². The number of amides is 1. The third-order valence-electron chi connectivity index (χ3n) is 3.72. The molecule has 1 amide bonds. The van der Waals surface area contributed by atoms with Crippen molar-refractivity contribution in [3.63, 3.8) is 0 Å². The third-order valence-corrected chi connectivity index (χ3v) is 4.01. The fraction of sp³-hybridized carbons (Fsp3) is 0.176. The first-order valence-electron chi connectivity index (χ1n) is 7.26. The summed E-state index contributed by atoms with van der Waals surface area (Å²) in [5.41, 5.74) is 1.96. The van der Waals surface area contributed by atoms with Crippen molar-refractivity contribution in [3.8, 4) is 5.82 Å². The van der Waals surface area contributed by atoms with Crippen molar-refractivity contribution >= 4 is 23.2 Å². The average Bonchev–Trinajstić information content (AvgIpc) is 3.07. The van der Waals surface area contributed by atoms with Gasteiger partial charge in [0.1, 0.15) is 5.76 Å². The lowest BCUT2D eigenvalue weighted by Gasteiger charge is -2.08. The summed E-state index contributed by atoms with van der Waals surface area (Å²) in [6.45, 7) is 5.44. The second-order valence-electron chi connectivity index (χ2n) is 5.47. The van der Waals surface area contributed by atoms with Crippen molar-refractivity contribution < 1.29 is 13.7 Å². The summed E-state index contributed by atoms with van der Waals surface area (Å²) in [6.07, 6.45) is 0. The lowest BCUT2D eigenvalue weighted by Crippen LogP contribution is -2.14. The number of nitrogens with one attached hydrogen (secondary N) is 1. The second kappa shape index (κ2) is 6.13. The molecule has 0 aliphatic carbocycles. The van der Waals surface area contributed by atoms with Crippen molar-refractivity contribution in [2.75, 3.05) is 5.32 Å². The number of aryl methyl sites for hydroxylation is 2. The molecule has 24 heavy (non-hydrogen) atoms.